The molecule has 1 heterocycles. The summed E-state index contributed by atoms with van der Waals surface area (Å²) in [6, 6.07) is 16.4. The molecule has 1 fully saturated rings. The first-order chi connectivity index (χ1) is 15.3. The fourth-order valence-corrected chi connectivity index (χ4v) is 3.41. The summed E-state index contributed by atoms with van der Waals surface area (Å²) in [7, 11) is 1.77. The maximum atomic E-state index is 6.04. The zero-order valence-electron chi connectivity index (χ0n) is 18.3. The van der Waals surface area contributed by atoms with E-state index in [1.807, 2.05) is 24.3 Å². The number of guanidine groups is 1. The van der Waals surface area contributed by atoms with E-state index in [2.05, 4.69) is 46.5 Å². The van der Waals surface area contributed by atoms with E-state index in [-0.39, 0.29) is 0 Å². The topological polar surface area (TPSA) is 64.1 Å². The average Bonchev–Trinajstić information content (AvgIpc) is 2.83. The summed E-state index contributed by atoms with van der Waals surface area (Å²) in [6.45, 7) is 7.71. The predicted octanol–water partition coefficient (Wildman–Crippen LogP) is 3.81. The predicted molar refractivity (Wildman–Crippen MR) is 124 cm³/mol. The number of aliphatic imine (C=N–C) groups is 1. The van der Waals surface area contributed by atoms with Crippen LogP contribution in [0.15, 0.2) is 66.2 Å². The summed E-state index contributed by atoms with van der Waals surface area (Å²) in [5.41, 5.74) is 3.44. The van der Waals surface area contributed by atoms with E-state index in [0.29, 0.717) is 32.4 Å². The van der Waals surface area contributed by atoms with Gasteiger partial charge in [0.2, 0.25) is 0 Å². The molecule has 6 nitrogen and oxygen atoms in total. The quantitative estimate of drug-likeness (QED) is 0.346. The number of hydrogen-bond acceptors (Lipinski definition) is 4. The van der Waals surface area contributed by atoms with Gasteiger partial charge in [0.25, 0.3) is 0 Å². The summed E-state index contributed by atoms with van der Waals surface area (Å²) in [5, 5.41) is 6.73. The molecule has 166 valence electrons. The molecular weight excluding hydrogens is 390 g/mol. The van der Waals surface area contributed by atoms with Crippen LogP contribution in [-0.4, -0.2) is 38.9 Å². The first kappa shape index (κ1) is 22.8. The molecule has 0 amide bonds. The minimum absolute atomic E-state index is 0.303. The van der Waals surface area contributed by atoms with Crippen LogP contribution in [0.1, 0.15) is 29.5 Å². The lowest BCUT2D eigenvalue weighted by Crippen LogP contribution is -2.36. The summed E-state index contributed by atoms with van der Waals surface area (Å²) >= 11 is 0. The fraction of sp³-hybridized carbons (Fsp3) is 0.400. The molecule has 3 rings (SSSR count). The van der Waals surface area contributed by atoms with Gasteiger partial charge in [-0.05, 0) is 30.0 Å². The maximum Gasteiger partial charge on any atom is 0.191 e. The van der Waals surface area contributed by atoms with Gasteiger partial charge >= 0.3 is 0 Å². The number of ether oxygens (including phenoxy) is 3. The molecule has 1 aliphatic rings. The average molecular weight is 424 g/mol. The van der Waals surface area contributed by atoms with Crippen molar-refractivity contribution < 1.29 is 14.2 Å². The van der Waals surface area contributed by atoms with Gasteiger partial charge in [0, 0.05) is 38.9 Å². The molecule has 0 saturated carbocycles. The summed E-state index contributed by atoms with van der Waals surface area (Å²) < 4.78 is 17.2. The van der Waals surface area contributed by atoms with Gasteiger partial charge in [-0.3, -0.25) is 4.99 Å². The summed E-state index contributed by atoms with van der Waals surface area (Å²) in [5.74, 6) is 1.59. The number of benzene rings is 2. The van der Waals surface area contributed by atoms with Crippen molar-refractivity contribution in [3.8, 4) is 5.75 Å². The molecule has 31 heavy (non-hydrogen) atoms. The monoisotopic (exact) mass is 423 g/mol. The van der Waals surface area contributed by atoms with Crippen LogP contribution in [0.4, 0.5) is 0 Å². The highest BCUT2D eigenvalue weighted by Gasteiger charge is 2.14. The first-order valence-corrected chi connectivity index (χ1v) is 10.8. The standard InChI is InChI=1S/C25H33N3O3/c1-3-13-30-24-10-5-4-9-22(24)18-28-25(26-2)27-17-20-7-6-8-21(16-20)19-31-23-11-14-29-15-12-23/h3-10,16,23H,1,11-15,17-19H2,2H3,(H2,26,27,28). The Kier molecular flexibility index (Phi) is 9.41. The molecule has 0 bridgehead atoms. The lowest BCUT2D eigenvalue weighted by Gasteiger charge is -2.22. The van der Waals surface area contributed by atoms with Crippen LogP contribution < -0.4 is 15.4 Å². The molecule has 2 aromatic rings. The van der Waals surface area contributed by atoms with Crippen LogP contribution in [0.3, 0.4) is 0 Å². The van der Waals surface area contributed by atoms with Crippen molar-refractivity contribution in [1.82, 2.24) is 10.6 Å². The summed E-state index contributed by atoms with van der Waals surface area (Å²) in [4.78, 5) is 4.33. The van der Waals surface area contributed by atoms with Gasteiger partial charge in [0.1, 0.15) is 12.4 Å². The maximum absolute atomic E-state index is 6.04. The van der Waals surface area contributed by atoms with Crippen LogP contribution >= 0.6 is 0 Å². The first-order valence-electron chi connectivity index (χ1n) is 10.8. The van der Waals surface area contributed by atoms with Gasteiger partial charge in [0.05, 0.1) is 12.7 Å². The Morgan fingerprint density at radius 2 is 1.87 bits per heavy atom. The lowest BCUT2D eigenvalue weighted by atomic mass is 10.1. The third kappa shape index (κ3) is 7.74. The molecule has 6 heteroatoms. The van der Waals surface area contributed by atoms with Crippen molar-refractivity contribution in [3.63, 3.8) is 0 Å². The molecule has 0 aliphatic carbocycles. The summed E-state index contributed by atoms with van der Waals surface area (Å²) in [6.07, 6.45) is 4.00. The zero-order valence-corrected chi connectivity index (χ0v) is 18.3. The Hall–Kier alpha value is -2.83. The fourth-order valence-electron chi connectivity index (χ4n) is 3.41. The Morgan fingerprint density at radius 1 is 1.10 bits per heavy atom. The second-order valence-electron chi connectivity index (χ2n) is 7.43. The number of para-hydroxylation sites is 1. The van der Waals surface area contributed by atoms with Crippen LogP contribution in [0.2, 0.25) is 0 Å². The molecule has 0 unspecified atom stereocenters. The van der Waals surface area contributed by atoms with Gasteiger partial charge in [-0.2, -0.15) is 0 Å². The molecule has 2 aromatic carbocycles. The van der Waals surface area contributed by atoms with Gasteiger partial charge in [-0.1, -0.05) is 55.1 Å². The van der Waals surface area contributed by atoms with Crippen molar-refractivity contribution in [1.29, 1.82) is 0 Å². The normalized spacial score (nSPS) is 14.8. The molecule has 1 saturated heterocycles. The van der Waals surface area contributed by atoms with Crippen molar-refractivity contribution in [2.75, 3.05) is 26.9 Å². The van der Waals surface area contributed by atoms with Gasteiger partial charge < -0.3 is 24.8 Å². The van der Waals surface area contributed by atoms with E-state index in [1.54, 1.807) is 13.1 Å². The van der Waals surface area contributed by atoms with Gasteiger partial charge in [-0.15, -0.1) is 0 Å². The number of rotatable bonds is 10. The minimum Gasteiger partial charge on any atom is -0.489 e. The van der Waals surface area contributed by atoms with Crippen LogP contribution in [0, 0.1) is 0 Å². The van der Waals surface area contributed by atoms with Crippen molar-refractivity contribution in [3.05, 3.63) is 77.9 Å². The smallest absolute Gasteiger partial charge is 0.191 e. The zero-order chi connectivity index (χ0) is 21.7. The Balaban J connectivity index is 1.48. The highest BCUT2D eigenvalue weighted by atomic mass is 16.5. The van der Waals surface area contributed by atoms with E-state index < -0.39 is 0 Å². The number of nitrogens with zero attached hydrogens (tertiary/aromatic N) is 1. The van der Waals surface area contributed by atoms with Gasteiger partial charge in [0.15, 0.2) is 5.96 Å². The lowest BCUT2D eigenvalue weighted by molar-refractivity contribution is -0.0390. The SMILES string of the molecule is C=CCOc1ccccc1CNC(=NC)NCc1cccc(COC2CCOCC2)c1. The molecule has 0 aromatic heterocycles. The molecule has 0 spiro atoms. The van der Waals surface area contributed by atoms with Crippen molar-refractivity contribution in [2.45, 2.75) is 38.6 Å². The largest absolute Gasteiger partial charge is 0.489 e. The molecular formula is C25H33N3O3. The Labute approximate surface area is 185 Å². The van der Waals surface area contributed by atoms with Crippen LogP contribution in [0.25, 0.3) is 0 Å². The molecule has 0 radical (unpaired) electrons. The van der Waals surface area contributed by atoms with E-state index in [0.717, 1.165) is 43.3 Å². The van der Waals surface area contributed by atoms with E-state index in [4.69, 9.17) is 14.2 Å². The molecule has 0 atom stereocenters. The number of nitrogens with one attached hydrogen (secondary N) is 2. The number of hydrogen-bond donors (Lipinski definition) is 2. The van der Waals surface area contributed by atoms with E-state index in [9.17, 15) is 0 Å². The van der Waals surface area contributed by atoms with Crippen LogP contribution in [0.5, 0.6) is 5.75 Å². The van der Waals surface area contributed by atoms with Crippen molar-refractivity contribution >= 4 is 5.96 Å². The van der Waals surface area contributed by atoms with E-state index in [1.165, 1.54) is 11.1 Å². The molecule has 2 N–H and O–H groups in total. The Morgan fingerprint density at radius 3 is 2.68 bits per heavy atom. The Bertz CT molecular complexity index is 847. The van der Waals surface area contributed by atoms with Gasteiger partial charge in [-0.25, -0.2) is 0 Å². The van der Waals surface area contributed by atoms with Crippen LogP contribution in [-0.2, 0) is 29.2 Å². The van der Waals surface area contributed by atoms with E-state index >= 15 is 0 Å². The van der Waals surface area contributed by atoms with Crippen molar-refractivity contribution in [2.24, 2.45) is 4.99 Å². The third-order valence-electron chi connectivity index (χ3n) is 5.10. The second kappa shape index (κ2) is 12.8. The molecule has 1 aliphatic heterocycles. The highest BCUT2D eigenvalue weighted by molar-refractivity contribution is 5.79. The highest BCUT2D eigenvalue weighted by Crippen LogP contribution is 2.18. The minimum atomic E-state index is 0.303. The third-order valence-corrected chi connectivity index (χ3v) is 5.10. The second-order valence-corrected chi connectivity index (χ2v) is 7.43.